The van der Waals surface area contributed by atoms with E-state index >= 15 is 0 Å². The summed E-state index contributed by atoms with van der Waals surface area (Å²) in [5, 5.41) is 11.3. The molecule has 0 unspecified atom stereocenters. The van der Waals surface area contributed by atoms with E-state index < -0.39 is 12.1 Å². The van der Waals surface area contributed by atoms with Crippen LogP contribution in [0.5, 0.6) is 0 Å². The third-order valence-electron chi connectivity index (χ3n) is 5.28. The summed E-state index contributed by atoms with van der Waals surface area (Å²) in [6.07, 6.45) is 5.93. The zero-order valence-electron chi connectivity index (χ0n) is 16.9. The van der Waals surface area contributed by atoms with E-state index in [2.05, 4.69) is 10.00 Å². The van der Waals surface area contributed by atoms with Gasteiger partial charge in [0.15, 0.2) is 0 Å². The number of morpholine rings is 1. The van der Waals surface area contributed by atoms with Crippen molar-refractivity contribution in [3.63, 3.8) is 0 Å². The molecule has 4 rings (SSSR count). The summed E-state index contributed by atoms with van der Waals surface area (Å²) >= 11 is 0. The molecule has 2 aromatic rings. The molecule has 8 nitrogen and oxygen atoms in total. The fraction of sp³-hybridized carbons (Fsp3) is 0.600. The number of halogens is 3. The molecular formula is C20H26F3N3O5. The molecule has 2 aromatic heterocycles. The molecule has 31 heavy (non-hydrogen) atoms. The number of aliphatic carboxylic acids is 1. The molecule has 3 atom stereocenters. The van der Waals surface area contributed by atoms with Crippen LogP contribution < -0.4 is 0 Å². The number of fused-ring (bicyclic) bond motifs is 1. The van der Waals surface area contributed by atoms with Gasteiger partial charge >= 0.3 is 12.1 Å². The van der Waals surface area contributed by atoms with Crippen LogP contribution in [0.4, 0.5) is 13.2 Å². The molecule has 1 N–H and O–H groups in total. The Bertz CT molecular complexity index is 783. The standard InChI is InChI=1S/C18H25N3O3.C2HF3O2/c1-6-19-21(7-1)8-2-10-23-17-4-3-16-18(17)24-12-9-20(16)13-15-5-11-22-14-15;3-2(4,5)1(6)7/h1,5-7,11,14,16-18H,2-4,8-10,12-13H2;(H,6,7)/t16-,17+,18+;/m0./s1. The third kappa shape index (κ3) is 6.81. The number of aromatic nitrogens is 2. The first-order chi connectivity index (χ1) is 14.8. The summed E-state index contributed by atoms with van der Waals surface area (Å²) in [6.45, 7) is 4.37. The number of rotatable bonds is 7. The summed E-state index contributed by atoms with van der Waals surface area (Å²) in [7, 11) is 0. The van der Waals surface area contributed by atoms with Crippen LogP contribution in [-0.4, -0.2) is 69.9 Å². The molecule has 0 radical (unpaired) electrons. The smallest absolute Gasteiger partial charge is 0.475 e. The molecule has 1 saturated heterocycles. The van der Waals surface area contributed by atoms with Crippen molar-refractivity contribution >= 4 is 5.97 Å². The lowest BCUT2D eigenvalue weighted by atomic mass is 10.1. The second kappa shape index (κ2) is 10.8. The second-order valence-corrected chi connectivity index (χ2v) is 7.42. The monoisotopic (exact) mass is 445 g/mol. The maximum Gasteiger partial charge on any atom is 0.490 e. The molecule has 0 bridgehead atoms. The van der Waals surface area contributed by atoms with Crippen LogP contribution in [0, 0.1) is 0 Å². The Hall–Kier alpha value is -2.37. The van der Waals surface area contributed by atoms with Gasteiger partial charge in [-0.3, -0.25) is 9.58 Å². The molecule has 3 heterocycles. The topological polar surface area (TPSA) is 90.0 Å². The quantitative estimate of drug-likeness (QED) is 0.656. The fourth-order valence-electron chi connectivity index (χ4n) is 3.88. The minimum absolute atomic E-state index is 0.204. The van der Waals surface area contributed by atoms with Crippen LogP contribution in [0.1, 0.15) is 24.8 Å². The van der Waals surface area contributed by atoms with E-state index in [0.29, 0.717) is 6.04 Å². The van der Waals surface area contributed by atoms with Crippen LogP contribution in [0.25, 0.3) is 0 Å². The average Bonchev–Trinajstić information content (AvgIpc) is 3.48. The Kier molecular flexibility index (Phi) is 8.10. The Morgan fingerprint density at radius 1 is 1.35 bits per heavy atom. The van der Waals surface area contributed by atoms with E-state index in [1.54, 1.807) is 6.26 Å². The molecule has 172 valence electrons. The number of carboxylic acid groups (broad SMARTS) is 1. The number of hydrogen-bond acceptors (Lipinski definition) is 6. The number of furan rings is 1. The van der Waals surface area contributed by atoms with E-state index in [9.17, 15) is 13.2 Å². The highest BCUT2D eigenvalue weighted by Gasteiger charge is 2.43. The van der Waals surface area contributed by atoms with Gasteiger partial charge in [0.2, 0.25) is 0 Å². The number of carboxylic acids is 1. The van der Waals surface area contributed by atoms with Crippen molar-refractivity contribution in [2.24, 2.45) is 0 Å². The molecule has 1 saturated carbocycles. The minimum Gasteiger partial charge on any atom is -0.475 e. The molecule has 0 spiro atoms. The van der Waals surface area contributed by atoms with E-state index in [4.69, 9.17) is 23.8 Å². The van der Waals surface area contributed by atoms with E-state index in [-0.39, 0.29) is 12.2 Å². The normalized spacial score (nSPS) is 23.8. The van der Waals surface area contributed by atoms with Gasteiger partial charge in [-0.05, 0) is 31.4 Å². The molecule has 2 fully saturated rings. The number of aryl methyl sites for hydroxylation is 1. The van der Waals surface area contributed by atoms with Gasteiger partial charge in [-0.1, -0.05) is 0 Å². The summed E-state index contributed by atoms with van der Waals surface area (Å²) in [6, 6.07) is 4.46. The Balaban J connectivity index is 0.000000339. The predicted octanol–water partition coefficient (Wildman–Crippen LogP) is 2.95. The van der Waals surface area contributed by atoms with Crippen molar-refractivity contribution in [2.45, 2.75) is 56.8 Å². The van der Waals surface area contributed by atoms with Crippen LogP contribution in [-0.2, 0) is 27.4 Å². The molecule has 0 amide bonds. The molecule has 1 aliphatic heterocycles. The van der Waals surface area contributed by atoms with Gasteiger partial charge in [0.25, 0.3) is 0 Å². The van der Waals surface area contributed by atoms with E-state index in [1.807, 2.05) is 35.5 Å². The maximum absolute atomic E-state index is 10.6. The van der Waals surface area contributed by atoms with E-state index in [0.717, 1.165) is 52.1 Å². The van der Waals surface area contributed by atoms with Gasteiger partial charge in [-0.15, -0.1) is 0 Å². The fourth-order valence-corrected chi connectivity index (χ4v) is 3.88. The van der Waals surface area contributed by atoms with E-state index in [1.165, 1.54) is 5.56 Å². The zero-order valence-corrected chi connectivity index (χ0v) is 16.9. The first-order valence-corrected chi connectivity index (χ1v) is 10.1. The van der Waals surface area contributed by atoms with Crippen LogP contribution in [0.15, 0.2) is 41.5 Å². The SMILES string of the molecule is O=C(O)C(F)(F)F.c1cnn(CCCO[C@@H]2CC[C@H]3[C@H]2OCCN3Cc2ccoc2)c1. The number of hydrogen-bond donors (Lipinski definition) is 1. The lowest BCUT2D eigenvalue weighted by Crippen LogP contribution is -2.51. The second-order valence-electron chi connectivity index (χ2n) is 7.42. The van der Waals surface area contributed by atoms with Gasteiger partial charge in [-0.2, -0.15) is 18.3 Å². The lowest BCUT2D eigenvalue weighted by molar-refractivity contribution is -0.192. The van der Waals surface area contributed by atoms with Crippen molar-refractivity contribution in [3.05, 3.63) is 42.6 Å². The molecule has 11 heteroatoms. The first-order valence-electron chi connectivity index (χ1n) is 10.1. The number of alkyl halides is 3. The summed E-state index contributed by atoms with van der Waals surface area (Å²) in [5.74, 6) is -2.76. The van der Waals surface area contributed by atoms with Crippen LogP contribution in [0.3, 0.4) is 0 Å². The van der Waals surface area contributed by atoms with Crippen molar-refractivity contribution in [2.75, 3.05) is 19.8 Å². The molecule has 1 aliphatic carbocycles. The van der Waals surface area contributed by atoms with Crippen molar-refractivity contribution in [3.8, 4) is 0 Å². The third-order valence-corrected chi connectivity index (χ3v) is 5.28. The van der Waals surface area contributed by atoms with Crippen molar-refractivity contribution in [1.82, 2.24) is 14.7 Å². The van der Waals surface area contributed by atoms with Gasteiger partial charge in [-0.25, -0.2) is 4.79 Å². The minimum atomic E-state index is -5.08. The van der Waals surface area contributed by atoms with Gasteiger partial charge in [0, 0.05) is 50.2 Å². The number of nitrogens with zero attached hydrogens (tertiary/aromatic N) is 3. The lowest BCUT2D eigenvalue weighted by Gasteiger charge is -2.38. The van der Waals surface area contributed by atoms with Crippen LogP contribution in [0.2, 0.25) is 0 Å². The summed E-state index contributed by atoms with van der Waals surface area (Å²) < 4.78 is 51.1. The Labute approximate surface area is 177 Å². The summed E-state index contributed by atoms with van der Waals surface area (Å²) in [4.78, 5) is 11.4. The molecular weight excluding hydrogens is 419 g/mol. The maximum atomic E-state index is 10.6. The molecule has 2 aliphatic rings. The van der Waals surface area contributed by atoms with Crippen molar-refractivity contribution < 1.29 is 37.0 Å². The van der Waals surface area contributed by atoms with Crippen LogP contribution >= 0.6 is 0 Å². The summed E-state index contributed by atoms with van der Waals surface area (Å²) in [5.41, 5.74) is 1.24. The molecule has 0 aromatic carbocycles. The van der Waals surface area contributed by atoms with Gasteiger partial charge in [0.05, 0.1) is 31.3 Å². The van der Waals surface area contributed by atoms with Gasteiger partial charge in [0.1, 0.15) is 0 Å². The zero-order chi connectivity index (χ0) is 22.3. The Morgan fingerprint density at radius 2 is 2.16 bits per heavy atom. The average molecular weight is 445 g/mol. The predicted molar refractivity (Wildman–Crippen MR) is 102 cm³/mol. The Morgan fingerprint density at radius 3 is 2.81 bits per heavy atom. The number of ether oxygens (including phenoxy) is 2. The highest BCUT2D eigenvalue weighted by Crippen LogP contribution is 2.33. The highest BCUT2D eigenvalue weighted by molar-refractivity contribution is 5.73. The first kappa shape index (κ1) is 23.3. The number of carbonyl (C=O) groups is 1. The highest BCUT2D eigenvalue weighted by atomic mass is 19.4. The van der Waals surface area contributed by atoms with Gasteiger partial charge < -0.3 is 19.0 Å². The largest absolute Gasteiger partial charge is 0.490 e. The van der Waals surface area contributed by atoms with Crippen molar-refractivity contribution in [1.29, 1.82) is 0 Å².